The first-order chi connectivity index (χ1) is 13.3. The third-order valence-corrected chi connectivity index (χ3v) is 5.00. The van der Waals surface area contributed by atoms with Gasteiger partial charge in [0, 0.05) is 43.3 Å². The van der Waals surface area contributed by atoms with Gasteiger partial charge in [-0.2, -0.15) is 0 Å². The SMILES string of the molecule is COc1ncc(-c2c(-c3ccccc3)ncn2CCCC2CCOC2)cn1. The van der Waals surface area contributed by atoms with Gasteiger partial charge in [-0.05, 0) is 25.2 Å². The van der Waals surface area contributed by atoms with E-state index in [4.69, 9.17) is 14.5 Å². The van der Waals surface area contributed by atoms with E-state index >= 15 is 0 Å². The molecule has 3 aromatic rings. The van der Waals surface area contributed by atoms with Gasteiger partial charge in [-0.15, -0.1) is 0 Å². The molecule has 3 heterocycles. The van der Waals surface area contributed by atoms with Crippen LogP contribution >= 0.6 is 0 Å². The van der Waals surface area contributed by atoms with E-state index in [1.54, 1.807) is 19.5 Å². The van der Waals surface area contributed by atoms with Crippen molar-refractivity contribution in [1.29, 1.82) is 0 Å². The summed E-state index contributed by atoms with van der Waals surface area (Å²) in [5, 5.41) is 0. The molecule has 1 aliphatic heterocycles. The van der Waals surface area contributed by atoms with Crippen LogP contribution in [0.15, 0.2) is 49.1 Å². The fourth-order valence-electron chi connectivity index (χ4n) is 3.57. The van der Waals surface area contributed by atoms with Crippen LogP contribution in [-0.2, 0) is 11.3 Å². The number of hydrogen-bond acceptors (Lipinski definition) is 5. The number of hydrogen-bond donors (Lipinski definition) is 0. The summed E-state index contributed by atoms with van der Waals surface area (Å²) in [5.74, 6) is 0.690. The standard InChI is InChI=1S/C21H24N4O2/c1-26-21-22-12-18(13-23-21)20-19(17-7-3-2-4-8-17)24-15-25(20)10-5-6-16-9-11-27-14-16/h2-4,7-8,12-13,15-16H,5-6,9-11,14H2,1H3. The summed E-state index contributed by atoms with van der Waals surface area (Å²) in [6.45, 7) is 2.72. The van der Waals surface area contributed by atoms with Crippen molar-refractivity contribution in [3.8, 4) is 28.5 Å². The van der Waals surface area contributed by atoms with Crippen molar-refractivity contribution in [2.45, 2.75) is 25.8 Å². The molecule has 4 rings (SSSR count). The van der Waals surface area contributed by atoms with Crippen molar-refractivity contribution in [3.63, 3.8) is 0 Å². The second kappa shape index (κ2) is 8.31. The van der Waals surface area contributed by atoms with E-state index < -0.39 is 0 Å². The molecule has 2 aromatic heterocycles. The van der Waals surface area contributed by atoms with E-state index in [9.17, 15) is 0 Å². The lowest BCUT2D eigenvalue weighted by Crippen LogP contribution is -2.05. The molecule has 0 spiro atoms. The second-order valence-electron chi connectivity index (χ2n) is 6.83. The van der Waals surface area contributed by atoms with Gasteiger partial charge < -0.3 is 14.0 Å². The number of benzene rings is 1. The van der Waals surface area contributed by atoms with E-state index in [0.29, 0.717) is 11.9 Å². The maximum Gasteiger partial charge on any atom is 0.316 e. The summed E-state index contributed by atoms with van der Waals surface area (Å²) in [5.41, 5.74) is 4.03. The minimum absolute atomic E-state index is 0.368. The third kappa shape index (κ3) is 4.01. The first kappa shape index (κ1) is 17.7. The number of ether oxygens (including phenoxy) is 2. The largest absolute Gasteiger partial charge is 0.467 e. The molecule has 140 valence electrons. The van der Waals surface area contributed by atoms with E-state index in [1.807, 2.05) is 24.5 Å². The minimum Gasteiger partial charge on any atom is -0.467 e. The molecule has 0 amide bonds. The first-order valence-corrected chi connectivity index (χ1v) is 9.40. The van der Waals surface area contributed by atoms with Crippen LogP contribution in [0.25, 0.3) is 22.5 Å². The van der Waals surface area contributed by atoms with Crippen molar-refractivity contribution in [1.82, 2.24) is 19.5 Å². The quantitative estimate of drug-likeness (QED) is 0.637. The Labute approximate surface area is 159 Å². The molecule has 27 heavy (non-hydrogen) atoms. The van der Waals surface area contributed by atoms with E-state index in [2.05, 4.69) is 26.7 Å². The van der Waals surface area contributed by atoms with Gasteiger partial charge in [0.2, 0.25) is 0 Å². The molecule has 6 nitrogen and oxygen atoms in total. The van der Waals surface area contributed by atoms with Crippen molar-refractivity contribution >= 4 is 0 Å². The highest BCUT2D eigenvalue weighted by Gasteiger charge is 2.18. The van der Waals surface area contributed by atoms with Gasteiger partial charge in [0.1, 0.15) is 0 Å². The number of aryl methyl sites for hydroxylation is 1. The topological polar surface area (TPSA) is 62.1 Å². The van der Waals surface area contributed by atoms with Crippen molar-refractivity contribution in [3.05, 3.63) is 49.1 Å². The Balaban J connectivity index is 1.62. The molecular weight excluding hydrogens is 340 g/mol. The Kier molecular flexibility index (Phi) is 5.44. The van der Waals surface area contributed by atoms with Gasteiger partial charge >= 0.3 is 6.01 Å². The minimum atomic E-state index is 0.368. The van der Waals surface area contributed by atoms with E-state index in [0.717, 1.165) is 48.7 Å². The molecule has 6 heteroatoms. The Hall–Kier alpha value is -2.73. The lowest BCUT2D eigenvalue weighted by atomic mass is 10.0. The van der Waals surface area contributed by atoms with Crippen LogP contribution < -0.4 is 4.74 Å². The second-order valence-corrected chi connectivity index (χ2v) is 6.83. The highest BCUT2D eigenvalue weighted by Crippen LogP contribution is 2.31. The lowest BCUT2D eigenvalue weighted by molar-refractivity contribution is 0.183. The van der Waals surface area contributed by atoms with E-state index in [1.165, 1.54) is 12.8 Å². The maximum atomic E-state index is 5.49. The Morgan fingerprint density at radius 1 is 1.11 bits per heavy atom. The van der Waals surface area contributed by atoms with Crippen molar-refractivity contribution in [2.75, 3.05) is 20.3 Å². The van der Waals surface area contributed by atoms with Crippen LogP contribution in [0.1, 0.15) is 19.3 Å². The van der Waals surface area contributed by atoms with Crippen LogP contribution in [0.4, 0.5) is 0 Å². The lowest BCUT2D eigenvalue weighted by Gasteiger charge is -2.12. The fourth-order valence-corrected chi connectivity index (χ4v) is 3.57. The smallest absolute Gasteiger partial charge is 0.316 e. The van der Waals surface area contributed by atoms with Gasteiger partial charge in [0.15, 0.2) is 0 Å². The Bertz CT molecular complexity index is 856. The predicted molar refractivity (Wildman–Crippen MR) is 103 cm³/mol. The van der Waals surface area contributed by atoms with Gasteiger partial charge in [0.25, 0.3) is 0 Å². The van der Waals surface area contributed by atoms with Crippen LogP contribution in [-0.4, -0.2) is 39.8 Å². The third-order valence-electron chi connectivity index (χ3n) is 5.00. The average molecular weight is 364 g/mol. The molecule has 1 saturated heterocycles. The molecule has 1 fully saturated rings. The molecular formula is C21H24N4O2. The summed E-state index contributed by atoms with van der Waals surface area (Å²) in [6.07, 6.45) is 8.98. The fraction of sp³-hybridized carbons (Fsp3) is 0.381. The van der Waals surface area contributed by atoms with E-state index in [-0.39, 0.29) is 0 Å². The van der Waals surface area contributed by atoms with Gasteiger partial charge in [-0.3, -0.25) is 0 Å². The molecule has 0 saturated carbocycles. The number of nitrogens with zero attached hydrogens (tertiary/aromatic N) is 4. The highest BCUT2D eigenvalue weighted by molar-refractivity contribution is 5.77. The highest BCUT2D eigenvalue weighted by atomic mass is 16.5. The summed E-state index contributed by atoms with van der Waals surface area (Å²) < 4.78 is 12.8. The summed E-state index contributed by atoms with van der Waals surface area (Å²) in [6, 6.07) is 10.6. The molecule has 1 unspecified atom stereocenters. The van der Waals surface area contributed by atoms with Crippen molar-refractivity contribution in [2.24, 2.45) is 5.92 Å². The Morgan fingerprint density at radius 3 is 2.63 bits per heavy atom. The van der Waals surface area contributed by atoms with Crippen LogP contribution in [0.2, 0.25) is 0 Å². The molecule has 1 aliphatic rings. The number of imidazole rings is 1. The summed E-state index contributed by atoms with van der Waals surface area (Å²) in [7, 11) is 1.57. The Morgan fingerprint density at radius 2 is 1.93 bits per heavy atom. The summed E-state index contributed by atoms with van der Waals surface area (Å²) >= 11 is 0. The molecule has 0 N–H and O–H groups in total. The maximum absolute atomic E-state index is 5.49. The zero-order valence-electron chi connectivity index (χ0n) is 15.5. The van der Waals surface area contributed by atoms with Crippen LogP contribution in [0.5, 0.6) is 6.01 Å². The molecule has 0 aliphatic carbocycles. The van der Waals surface area contributed by atoms with Gasteiger partial charge in [-0.1, -0.05) is 30.3 Å². The number of methoxy groups -OCH3 is 1. The molecule has 0 radical (unpaired) electrons. The molecule has 0 bridgehead atoms. The van der Waals surface area contributed by atoms with Gasteiger partial charge in [0.05, 0.1) is 24.8 Å². The van der Waals surface area contributed by atoms with Crippen LogP contribution in [0, 0.1) is 5.92 Å². The zero-order valence-corrected chi connectivity index (χ0v) is 15.5. The monoisotopic (exact) mass is 364 g/mol. The normalized spacial score (nSPS) is 16.6. The van der Waals surface area contributed by atoms with Gasteiger partial charge in [-0.25, -0.2) is 15.0 Å². The molecule has 1 aromatic carbocycles. The summed E-state index contributed by atoms with van der Waals surface area (Å²) in [4.78, 5) is 13.3. The number of rotatable bonds is 7. The first-order valence-electron chi connectivity index (χ1n) is 9.40. The van der Waals surface area contributed by atoms with Crippen LogP contribution in [0.3, 0.4) is 0 Å². The van der Waals surface area contributed by atoms with Crippen molar-refractivity contribution < 1.29 is 9.47 Å². The zero-order chi connectivity index (χ0) is 18.5. The average Bonchev–Trinajstić information content (AvgIpc) is 3.39. The number of aromatic nitrogens is 4. The predicted octanol–water partition coefficient (Wildman–Crippen LogP) is 3.83. The molecule has 1 atom stereocenters.